The second-order valence-electron chi connectivity index (χ2n) is 7.94. The first-order valence-corrected chi connectivity index (χ1v) is 10.3. The SMILES string of the molecule is COc1ccc(CCC(=O)NCc2ccc(N3CCC[C@H](C)C3)cc2)cc1C. The van der Waals surface area contributed by atoms with Gasteiger partial charge in [-0.15, -0.1) is 0 Å². The topological polar surface area (TPSA) is 41.6 Å². The lowest BCUT2D eigenvalue weighted by molar-refractivity contribution is -0.121. The van der Waals surface area contributed by atoms with Gasteiger partial charge in [0.1, 0.15) is 5.75 Å². The Morgan fingerprint density at radius 1 is 1.18 bits per heavy atom. The van der Waals surface area contributed by atoms with Gasteiger partial charge in [0.15, 0.2) is 0 Å². The average Bonchev–Trinajstić information content (AvgIpc) is 2.71. The molecule has 1 amide bonds. The molecule has 0 aliphatic carbocycles. The average molecular weight is 381 g/mol. The first-order chi connectivity index (χ1) is 13.5. The zero-order chi connectivity index (χ0) is 19.9. The molecule has 0 spiro atoms. The van der Waals surface area contributed by atoms with E-state index in [0.29, 0.717) is 13.0 Å². The van der Waals surface area contributed by atoms with Crippen molar-refractivity contribution in [3.8, 4) is 5.75 Å². The minimum atomic E-state index is 0.0856. The molecule has 0 saturated carbocycles. The third kappa shape index (κ3) is 5.51. The maximum atomic E-state index is 12.2. The van der Waals surface area contributed by atoms with Crippen LogP contribution < -0.4 is 15.0 Å². The summed E-state index contributed by atoms with van der Waals surface area (Å²) in [5, 5.41) is 3.04. The number of carbonyl (C=O) groups is 1. The molecule has 3 rings (SSSR count). The maximum Gasteiger partial charge on any atom is 0.220 e. The number of benzene rings is 2. The molecule has 2 aromatic carbocycles. The number of hydrogen-bond donors (Lipinski definition) is 1. The predicted octanol–water partition coefficient (Wildman–Crippen LogP) is 4.49. The van der Waals surface area contributed by atoms with Gasteiger partial charge < -0.3 is 15.0 Å². The molecule has 0 bridgehead atoms. The Morgan fingerprint density at radius 3 is 2.61 bits per heavy atom. The molecule has 1 aliphatic rings. The molecule has 0 aromatic heterocycles. The van der Waals surface area contributed by atoms with Gasteiger partial charge in [-0.1, -0.05) is 31.2 Å². The zero-order valence-corrected chi connectivity index (χ0v) is 17.3. The Kier molecular flexibility index (Phi) is 6.96. The highest BCUT2D eigenvalue weighted by atomic mass is 16.5. The van der Waals surface area contributed by atoms with Crippen LogP contribution in [0.2, 0.25) is 0 Å². The van der Waals surface area contributed by atoms with Crippen molar-refractivity contribution in [2.75, 3.05) is 25.1 Å². The number of anilines is 1. The number of nitrogens with one attached hydrogen (secondary N) is 1. The summed E-state index contributed by atoms with van der Waals surface area (Å²) in [6, 6.07) is 14.7. The number of carbonyl (C=O) groups excluding carboxylic acids is 1. The molecule has 28 heavy (non-hydrogen) atoms. The molecule has 0 unspecified atom stereocenters. The van der Waals surface area contributed by atoms with Gasteiger partial charge >= 0.3 is 0 Å². The van der Waals surface area contributed by atoms with Crippen LogP contribution in [-0.4, -0.2) is 26.1 Å². The lowest BCUT2D eigenvalue weighted by atomic mass is 9.99. The Hall–Kier alpha value is -2.49. The first-order valence-electron chi connectivity index (χ1n) is 10.3. The van der Waals surface area contributed by atoms with Crippen LogP contribution in [0.4, 0.5) is 5.69 Å². The molecule has 4 heteroatoms. The fourth-order valence-corrected chi connectivity index (χ4v) is 3.89. The van der Waals surface area contributed by atoms with Crippen molar-refractivity contribution in [3.05, 3.63) is 59.2 Å². The highest BCUT2D eigenvalue weighted by molar-refractivity contribution is 5.76. The first kappa shape index (κ1) is 20.2. The number of piperidine rings is 1. The summed E-state index contributed by atoms with van der Waals surface area (Å²) in [7, 11) is 1.68. The summed E-state index contributed by atoms with van der Waals surface area (Å²) >= 11 is 0. The smallest absolute Gasteiger partial charge is 0.220 e. The third-order valence-electron chi connectivity index (χ3n) is 5.55. The van der Waals surface area contributed by atoms with E-state index in [2.05, 4.69) is 47.5 Å². The van der Waals surface area contributed by atoms with Crippen molar-refractivity contribution in [2.24, 2.45) is 5.92 Å². The van der Waals surface area contributed by atoms with Crippen LogP contribution in [0.25, 0.3) is 0 Å². The fraction of sp³-hybridized carbons (Fsp3) is 0.458. The second-order valence-corrected chi connectivity index (χ2v) is 7.94. The van der Waals surface area contributed by atoms with E-state index in [0.717, 1.165) is 47.9 Å². The molecule has 150 valence electrons. The van der Waals surface area contributed by atoms with E-state index in [9.17, 15) is 4.79 Å². The normalized spacial score (nSPS) is 16.7. The molecular formula is C24H32N2O2. The minimum absolute atomic E-state index is 0.0856. The Morgan fingerprint density at radius 2 is 1.93 bits per heavy atom. The van der Waals surface area contributed by atoms with Crippen molar-refractivity contribution in [3.63, 3.8) is 0 Å². The van der Waals surface area contributed by atoms with Gasteiger partial charge in [0, 0.05) is 31.7 Å². The van der Waals surface area contributed by atoms with Crippen LogP contribution in [0.15, 0.2) is 42.5 Å². The Bertz CT molecular complexity index is 786. The number of rotatable bonds is 7. The van der Waals surface area contributed by atoms with Crippen LogP contribution in [0.1, 0.15) is 42.9 Å². The van der Waals surface area contributed by atoms with Gasteiger partial charge in [-0.2, -0.15) is 0 Å². The van der Waals surface area contributed by atoms with Gasteiger partial charge in [-0.05, 0) is 67.0 Å². The van der Waals surface area contributed by atoms with Gasteiger partial charge in [0.25, 0.3) is 0 Å². The van der Waals surface area contributed by atoms with E-state index in [1.165, 1.54) is 18.5 Å². The van der Waals surface area contributed by atoms with E-state index in [-0.39, 0.29) is 5.91 Å². The van der Waals surface area contributed by atoms with Crippen molar-refractivity contribution in [2.45, 2.75) is 46.1 Å². The van der Waals surface area contributed by atoms with Gasteiger partial charge in [0.05, 0.1) is 7.11 Å². The van der Waals surface area contributed by atoms with Crippen LogP contribution in [0.5, 0.6) is 5.75 Å². The summed E-state index contributed by atoms with van der Waals surface area (Å²) in [5.41, 5.74) is 4.69. The quantitative estimate of drug-likeness (QED) is 0.769. The number of amides is 1. The predicted molar refractivity (Wildman–Crippen MR) is 115 cm³/mol. The molecule has 4 nitrogen and oxygen atoms in total. The highest BCUT2D eigenvalue weighted by Gasteiger charge is 2.16. The van der Waals surface area contributed by atoms with Crippen LogP contribution in [0, 0.1) is 12.8 Å². The summed E-state index contributed by atoms with van der Waals surface area (Å²) in [6.45, 7) is 7.21. The van der Waals surface area contributed by atoms with E-state index < -0.39 is 0 Å². The Labute approximate surface area is 168 Å². The van der Waals surface area contributed by atoms with E-state index in [4.69, 9.17) is 4.74 Å². The van der Waals surface area contributed by atoms with E-state index >= 15 is 0 Å². The largest absolute Gasteiger partial charge is 0.496 e. The zero-order valence-electron chi connectivity index (χ0n) is 17.3. The monoisotopic (exact) mass is 380 g/mol. The molecule has 1 aliphatic heterocycles. The van der Waals surface area contributed by atoms with Crippen molar-refractivity contribution < 1.29 is 9.53 Å². The van der Waals surface area contributed by atoms with Gasteiger partial charge in [0.2, 0.25) is 5.91 Å². The van der Waals surface area contributed by atoms with Crippen LogP contribution in [0.3, 0.4) is 0 Å². The molecular weight excluding hydrogens is 348 g/mol. The van der Waals surface area contributed by atoms with Crippen LogP contribution in [-0.2, 0) is 17.8 Å². The van der Waals surface area contributed by atoms with Gasteiger partial charge in [-0.25, -0.2) is 0 Å². The molecule has 1 N–H and O–H groups in total. The number of aryl methyl sites for hydroxylation is 2. The maximum absolute atomic E-state index is 12.2. The van der Waals surface area contributed by atoms with Crippen molar-refractivity contribution >= 4 is 11.6 Å². The summed E-state index contributed by atoms with van der Waals surface area (Å²) in [4.78, 5) is 14.7. The summed E-state index contributed by atoms with van der Waals surface area (Å²) in [5.74, 6) is 1.74. The van der Waals surface area contributed by atoms with Crippen molar-refractivity contribution in [1.82, 2.24) is 5.32 Å². The van der Waals surface area contributed by atoms with E-state index in [1.807, 2.05) is 19.1 Å². The molecule has 1 heterocycles. The van der Waals surface area contributed by atoms with E-state index in [1.54, 1.807) is 7.11 Å². The van der Waals surface area contributed by atoms with Gasteiger partial charge in [-0.3, -0.25) is 4.79 Å². The fourth-order valence-electron chi connectivity index (χ4n) is 3.89. The van der Waals surface area contributed by atoms with Crippen LogP contribution >= 0.6 is 0 Å². The summed E-state index contributed by atoms with van der Waals surface area (Å²) < 4.78 is 5.28. The third-order valence-corrected chi connectivity index (χ3v) is 5.55. The number of methoxy groups -OCH3 is 1. The molecule has 1 fully saturated rings. The van der Waals surface area contributed by atoms with Crippen molar-refractivity contribution in [1.29, 1.82) is 0 Å². The molecule has 1 saturated heterocycles. The molecule has 2 aromatic rings. The Balaban J connectivity index is 1.44. The lowest BCUT2D eigenvalue weighted by Crippen LogP contribution is -2.34. The highest BCUT2D eigenvalue weighted by Crippen LogP contribution is 2.23. The number of nitrogens with zero attached hydrogens (tertiary/aromatic N) is 1. The standard InChI is InChI=1S/C24H32N2O2/c1-18-5-4-14-26(17-18)22-10-6-21(7-11-22)16-25-24(27)13-9-20-8-12-23(28-3)19(2)15-20/h6-8,10-12,15,18H,4-5,9,13-14,16-17H2,1-3H3,(H,25,27)/t18-/m0/s1. The molecule has 1 atom stereocenters. The molecule has 0 radical (unpaired) electrons. The number of ether oxygens (including phenoxy) is 1. The summed E-state index contributed by atoms with van der Waals surface area (Å²) in [6.07, 6.45) is 3.83. The number of hydrogen-bond acceptors (Lipinski definition) is 3. The second kappa shape index (κ2) is 9.63. The lowest BCUT2D eigenvalue weighted by Gasteiger charge is -2.32. The minimum Gasteiger partial charge on any atom is -0.496 e.